The van der Waals surface area contributed by atoms with E-state index in [4.69, 9.17) is 5.73 Å². The van der Waals surface area contributed by atoms with Crippen molar-refractivity contribution in [2.75, 3.05) is 0 Å². The van der Waals surface area contributed by atoms with Crippen LogP contribution in [0.3, 0.4) is 0 Å². The Hall–Kier alpha value is -1.46. The van der Waals surface area contributed by atoms with Crippen LogP contribution in [0.15, 0.2) is 28.4 Å². The summed E-state index contributed by atoms with van der Waals surface area (Å²) in [5.74, 6) is 0.271. The number of nitrogens with zero attached hydrogens (tertiary/aromatic N) is 2. The number of hydrogen-bond donors (Lipinski definition) is 1. The molecule has 2 heterocycles. The lowest BCUT2D eigenvalue weighted by Gasteiger charge is -2.15. The van der Waals surface area contributed by atoms with Crippen LogP contribution in [-0.2, 0) is 6.54 Å². The molecule has 0 aliphatic carbocycles. The van der Waals surface area contributed by atoms with Gasteiger partial charge in [-0.05, 0) is 30.4 Å². The van der Waals surface area contributed by atoms with Gasteiger partial charge in [-0.1, -0.05) is 19.9 Å². The molecule has 2 rings (SSSR count). The van der Waals surface area contributed by atoms with Crippen LogP contribution in [0, 0.1) is 0 Å². The molecule has 0 radical (unpaired) electrons. The molecule has 0 bridgehead atoms. The van der Waals surface area contributed by atoms with Gasteiger partial charge >= 0.3 is 0 Å². The highest BCUT2D eigenvalue weighted by molar-refractivity contribution is 7.10. The van der Waals surface area contributed by atoms with E-state index in [9.17, 15) is 4.79 Å². The fourth-order valence-corrected chi connectivity index (χ4v) is 2.67. The molecule has 0 spiro atoms. The summed E-state index contributed by atoms with van der Waals surface area (Å²) in [6, 6.07) is 5.39. The molecule has 0 saturated heterocycles. The van der Waals surface area contributed by atoms with Crippen LogP contribution in [0.4, 0.5) is 0 Å². The van der Waals surface area contributed by atoms with Gasteiger partial charge < -0.3 is 5.73 Å². The Labute approximate surface area is 116 Å². The average Bonchev–Trinajstić information content (AvgIpc) is 2.91. The van der Waals surface area contributed by atoms with Crippen molar-refractivity contribution >= 4 is 11.3 Å². The third kappa shape index (κ3) is 2.77. The van der Waals surface area contributed by atoms with E-state index in [2.05, 4.69) is 18.9 Å². The van der Waals surface area contributed by atoms with Crippen molar-refractivity contribution in [3.63, 3.8) is 0 Å². The lowest BCUT2D eigenvalue weighted by atomic mass is 10.0. The van der Waals surface area contributed by atoms with Crippen molar-refractivity contribution in [2.24, 2.45) is 5.73 Å². The van der Waals surface area contributed by atoms with Gasteiger partial charge in [0.05, 0.1) is 11.7 Å². The molecule has 102 valence electrons. The Morgan fingerprint density at radius 2 is 2.21 bits per heavy atom. The van der Waals surface area contributed by atoms with Crippen LogP contribution >= 0.6 is 11.3 Å². The minimum absolute atomic E-state index is 0.0900. The number of rotatable bonds is 4. The van der Waals surface area contributed by atoms with Crippen LogP contribution < -0.4 is 11.3 Å². The molecule has 2 aromatic heterocycles. The molecule has 0 aliphatic rings. The summed E-state index contributed by atoms with van der Waals surface area (Å²) >= 11 is 1.57. The van der Waals surface area contributed by atoms with E-state index in [0.717, 1.165) is 10.6 Å². The van der Waals surface area contributed by atoms with Crippen molar-refractivity contribution in [2.45, 2.75) is 39.3 Å². The lowest BCUT2D eigenvalue weighted by Crippen LogP contribution is -2.31. The number of thiophene rings is 1. The molecule has 19 heavy (non-hydrogen) atoms. The van der Waals surface area contributed by atoms with E-state index in [0.29, 0.717) is 12.1 Å². The standard InChI is InChI=1S/C14H19N3OS/c1-4-17-14(18)10(8-11(16-17)9(2)3)13(15)12-6-5-7-19-12/h5-9,13H,4,15H2,1-3H3. The van der Waals surface area contributed by atoms with E-state index < -0.39 is 0 Å². The first-order valence-corrected chi connectivity index (χ1v) is 7.33. The second-order valence-electron chi connectivity index (χ2n) is 4.79. The molecule has 5 heteroatoms. The van der Waals surface area contributed by atoms with Gasteiger partial charge in [-0.15, -0.1) is 11.3 Å². The van der Waals surface area contributed by atoms with Gasteiger partial charge in [0.1, 0.15) is 0 Å². The molecular formula is C14H19N3OS. The predicted octanol–water partition coefficient (Wildman–Crippen LogP) is 2.50. The van der Waals surface area contributed by atoms with Crippen molar-refractivity contribution in [3.05, 3.63) is 50.1 Å². The van der Waals surface area contributed by atoms with E-state index in [-0.39, 0.29) is 17.5 Å². The van der Waals surface area contributed by atoms with Crippen molar-refractivity contribution in [1.82, 2.24) is 9.78 Å². The highest BCUT2D eigenvalue weighted by atomic mass is 32.1. The van der Waals surface area contributed by atoms with E-state index >= 15 is 0 Å². The van der Waals surface area contributed by atoms with E-state index in [1.807, 2.05) is 30.5 Å². The van der Waals surface area contributed by atoms with Crippen molar-refractivity contribution in [1.29, 1.82) is 0 Å². The van der Waals surface area contributed by atoms with Gasteiger partial charge in [-0.25, -0.2) is 4.68 Å². The third-order valence-electron chi connectivity index (χ3n) is 3.10. The molecule has 0 aliphatic heterocycles. The van der Waals surface area contributed by atoms with E-state index in [1.165, 1.54) is 4.68 Å². The van der Waals surface area contributed by atoms with Crippen LogP contribution in [0.1, 0.15) is 48.9 Å². The Morgan fingerprint density at radius 3 is 2.74 bits per heavy atom. The van der Waals surface area contributed by atoms with E-state index in [1.54, 1.807) is 11.3 Å². The zero-order chi connectivity index (χ0) is 14.0. The summed E-state index contributed by atoms with van der Waals surface area (Å²) in [6.45, 7) is 6.60. The summed E-state index contributed by atoms with van der Waals surface area (Å²) in [7, 11) is 0. The number of hydrogen-bond acceptors (Lipinski definition) is 4. The summed E-state index contributed by atoms with van der Waals surface area (Å²) in [6.07, 6.45) is 0. The maximum absolute atomic E-state index is 12.3. The van der Waals surface area contributed by atoms with Gasteiger partial charge in [-0.2, -0.15) is 5.10 Å². The quantitative estimate of drug-likeness (QED) is 0.934. The highest BCUT2D eigenvalue weighted by Crippen LogP contribution is 2.23. The number of nitrogens with two attached hydrogens (primary N) is 1. The maximum Gasteiger partial charge on any atom is 0.271 e. The second kappa shape index (κ2) is 5.67. The van der Waals surface area contributed by atoms with Gasteiger partial charge in [0.2, 0.25) is 0 Å². The maximum atomic E-state index is 12.3. The Bertz CT molecular complexity index is 602. The SMILES string of the molecule is CCn1nc(C(C)C)cc(C(N)c2cccs2)c1=O. The largest absolute Gasteiger partial charge is 0.319 e. The van der Waals surface area contributed by atoms with Crippen LogP contribution in [-0.4, -0.2) is 9.78 Å². The lowest BCUT2D eigenvalue weighted by molar-refractivity contribution is 0.573. The molecule has 1 atom stereocenters. The fraction of sp³-hybridized carbons (Fsp3) is 0.429. The minimum Gasteiger partial charge on any atom is -0.319 e. The van der Waals surface area contributed by atoms with Gasteiger partial charge in [0.25, 0.3) is 5.56 Å². The van der Waals surface area contributed by atoms with Crippen molar-refractivity contribution in [3.8, 4) is 0 Å². The average molecular weight is 277 g/mol. The molecular weight excluding hydrogens is 258 g/mol. The zero-order valence-corrected chi connectivity index (χ0v) is 12.3. The number of aryl methyl sites for hydroxylation is 1. The van der Waals surface area contributed by atoms with Crippen LogP contribution in [0.25, 0.3) is 0 Å². The topological polar surface area (TPSA) is 60.9 Å². The zero-order valence-electron chi connectivity index (χ0n) is 11.5. The Balaban J connectivity index is 2.55. The Kier molecular flexibility index (Phi) is 4.17. The number of aromatic nitrogens is 2. The minimum atomic E-state index is -0.370. The smallest absolute Gasteiger partial charge is 0.271 e. The first kappa shape index (κ1) is 14.0. The van der Waals surface area contributed by atoms with Crippen molar-refractivity contribution < 1.29 is 0 Å². The Morgan fingerprint density at radius 1 is 1.47 bits per heavy atom. The molecule has 4 nitrogen and oxygen atoms in total. The normalized spacial score (nSPS) is 12.9. The summed E-state index contributed by atoms with van der Waals surface area (Å²) in [5, 5.41) is 6.34. The first-order chi connectivity index (χ1) is 9.04. The van der Waals surface area contributed by atoms with Gasteiger partial charge in [-0.3, -0.25) is 4.79 Å². The van der Waals surface area contributed by atoms with Crippen LogP contribution in [0.5, 0.6) is 0 Å². The first-order valence-electron chi connectivity index (χ1n) is 6.45. The molecule has 2 N–H and O–H groups in total. The van der Waals surface area contributed by atoms with Gasteiger partial charge in [0.15, 0.2) is 0 Å². The predicted molar refractivity (Wildman–Crippen MR) is 78.6 cm³/mol. The molecule has 1 unspecified atom stereocenters. The molecule has 0 amide bonds. The summed E-state index contributed by atoms with van der Waals surface area (Å²) in [4.78, 5) is 13.3. The molecule has 0 fully saturated rings. The highest BCUT2D eigenvalue weighted by Gasteiger charge is 2.18. The van der Waals surface area contributed by atoms with Crippen LogP contribution in [0.2, 0.25) is 0 Å². The summed E-state index contributed by atoms with van der Waals surface area (Å²) in [5.41, 5.74) is 7.67. The molecule has 0 aromatic carbocycles. The monoisotopic (exact) mass is 277 g/mol. The molecule has 2 aromatic rings. The third-order valence-corrected chi connectivity index (χ3v) is 4.05. The second-order valence-corrected chi connectivity index (χ2v) is 5.77. The molecule has 0 saturated carbocycles. The van der Waals surface area contributed by atoms with Gasteiger partial charge in [0, 0.05) is 17.0 Å². The summed E-state index contributed by atoms with van der Waals surface area (Å²) < 4.78 is 1.50. The fourth-order valence-electron chi connectivity index (χ4n) is 1.92.